The minimum Gasteiger partial charge on any atom is -0.481 e. The fourth-order valence-corrected chi connectivity index (χ4v) is 5.45. The van der Waals surface area contributed by atoms with Crippen molar-refractivity contribution in [2.24, 2.45) is 13.0 Å². The Balaban J connectivity index is 1.66. The lowest BCUT2D eigenvalue weighted by Gasteiger charge is -2.30. The van der Waals surface area contributed by atoms with Crippen LogP contribution in [-0.4, -0.2) is 39.5 Å². The highest BCUT2D eigenvalue weighted by molar-refractivity contribution is 7.28. The molecule has 1 saturated heterocycles. The van der Waals surface area contributed by atoms with Crippen LogP contribution in [0, 0.1) is 5.92 Å². The molecule has 1 aliphatic rings. The molecule has 1 aromatic heterocycles. The third-order valence-electron chi connectivity index (χ3n) is 6.53. The lowest BCUT2D eigenvalue weighted by atomic mass is 9.96. The van der Waals surface area contributed by atoms with E-state index in [4.69, 9.17) is 23.2 Å². The summed E-state index contributed by atoms with van der Waals surface area (Å²) in [6.45, 7) is 0.623. The molecule has 11 heteroatoms. The number of carbonyl (C=O) groups is 2. The minimum absolute atomic E-state index is 0.176. The van der Waals surface area contributed by atoms with E-state index >= 15 is 0 Å². The molecule has 0 aliphatic carbocycles. The summed E-state index contributed by atoms with van der Waals surface area (Å²) in [6, 6.07) is 7.10. The van der Waals surface area contributed by atoms with Gasteiger partial charge in [-0.2, -0.15) is 13.2 Å². The van der Waals surface area contributed by atoms with E-state index in [1.807, 2.05) is 0 Å². The van der Waals surface area contributed by atoms with E-state index in [0.717, 1.165) is 12.1 Å². The van der Waals surface area contributed by atoms with E-state index < -0.39 is 23.6 Å². The van der Waals surface area contributed by atoms with Crippen molar-refractivity contribution in [2.75, 3.05) is 13.1 Å². The average molecular weight is 545 g/mol. The molecule has 0 spiro atoms. The quantitative estimate of drug-likeness (QED) is 0.439. The molecule has 2 aromatic carbocycles. The molecule has 0 bridgehead atoms. The highest BCUT2D eigenvalue weighted by Crippen LogP contribution is 2.35. The second-order valence-corrected chi connectivity index (χ2v) is 10.1. The largest absolute Gasteiger partial charge is 0.481 e. The highest BCUT2D eigenvalue weighted by atomic mass is 35.5. The summed E-state index contributed by atoms with van der Waals surface area (Å²) in [5, 5.41) is 10.8. The Morgan fingerprint density at radius 2 is 1.80 bits per heavy atom. The number of carboxylic acid groups (broad SMARTS) is 1. The van der Waals surface area contributed by atoms with Gasteiger partial charge in [0.25, 0.3) is 5.91 Å². The van der Waals surface area contributed by atoms with Crippen LogP contribution in [-0.2, 0) is 24.4 Å². The summed E-state index contributed by atoms with van der Waals surface area (Å²) in [5.74, 6) is -1.65. The Labute approximate surface area is 212 Å². The molecule has 1 amide bonds. The SMILES string of the molecule is Cn1c(Cc2c(Cl)ccc(C(=O)N3CCC(C(=O)O)CC3)c2Cl)cc2c(P)cc(C(F)(F)F)cc21. The number of aliphatic carboxylic acids is 1. The van der Waals surface area contributed by atoms with Gasteiger partial charge in [0.05, 0.1) is 22.1 Å². The number of likely N-dealkylation sites (tertiary alicyclic amines) is 1. The van der Waals surface area contributed by atoms with E-state index in [1.54, 1.807) is 28.6 Å². The molecule has 186 valence electrons. The topological polar surface area (TPSA) is 62.5 Å². The van der Waals surface area contributed by atoms with Crippen LogP contribution in [0.5, 0.6) is 0 Å². The molecule has 1 unspecified atom stereocenters. The van der Waals surface area contributed by atoms with E-state index in [2.05, 4.69) is 9.24 Å². The van der Waals surface area contributed by atoms with Gasteiger partial charge in [-0.25, -0.2) is 0 Å². The third-order valence-corrected chi connectivity index (χ3v) is 7.79. The van der Waals surface area contributed by atoms with Crippen molar-refractivity contribution in [2.45, 2.75) is 25.4 Å². The predicted molar refractivity (Wildman–Crippen MR) is 133 cm³/mol. The normalized spacial score (nSPS) is 15.1. The van der Waals surface area contributed by atoms with Crippen molar-refractivity contribution in [3.63, 3.8) is 0 Å². The number of rotatable bonds is 4. The Morgan fingerprint density at radius 1 is 1.14 bits per heavy atom. The van der Waals surface area contributed by atoms with E-state index in [0.29, 0.717) is 58.4 Å². The number of nitrogens with zero attached hydrogens (tertiary/aromatic N) is 2. The smallest absolute Gasteiger partial charge is 0.416 e. The number of carbonyl (C=O) groups excluding carboxylic acids is 1. The average Bonchev–Trinajstić information content (AvgIpc) is 3.11. The number of amides is 1. The number of aryl methyl sites for hydroxylation is 1. The number of fused-ring (bicyclic) bond motifs is 1. The molecular weight excluding hydrogens is 523 g/mol. The van der Waals surface area contributed by atoms with Gasteiger partial charge in [0.15, 0.2) is 0 Å². The van der Waals surface area contributed by atoms with E-state index in [9.17, 15) is 27.9 Å². The lowest BCUT2D eigenvalue weighted by Crippen LogP contribution is -2.40. The van der Waals surface area contributed by atoms with Crippen LogP contribution < -0.4 is 5.30 Å². The molecule has 1 atom stereocenters. The lowest BCUT2D eigenvalue weighted by molar-refractivity contribution is -0.143. The Bertz CT molecular complexity index is 1330. The van der Waals surface area contributed by atoms with Gasteiger partial charge in [0, 0.05) is 48.2 Å². The summed E-state index contributed by atoms with van der Waals surface area (Å²) in [5.41, 5.74) is 1.11. The zero-order valence-corrected chi connectivity index (χ0v) is 21.3. The maximum atomic E-state index is 13.3. The van der Waals surface area contributed by atoms with Crippen LogP contribution >= 0.6 is 32.4 Å². The molecule has 2 heterocycles. The standard InChI is InChI=1S/C24H22Cl2F3N2O3P/c1-30-14(11-17-19(30)8-13(9-20(17)35)24(27,28)29)10-16-18(25)3-2-15(21(16)26)22(32)31-6-4-12(5-7-31)23(33)34/h2-3,8-9,11-12H,4-7,10,35H2,1H3,(H,33,34). The summed E-state index contributed by atoms with van der Waals surface area (Å²) < 4.78 is 41.6. The van der Waals surface area contributed by atoms with Gasteiger partial charge in [-0.15, -0.1) is 9.24 Å². The number of piperidine rings is 1. The molecule has 0 radical (unpaired) electrons. The van der Waals surface area contributed by atoms with Gasteiger partial charge in [-0.05, 0) is 54.0 Å². The van der Waals surface area contributed by atoms with Gasteiger partial charge in [-0.3, -0.25) is 9.59 Å². The second-order valence-electron chi connectivity index (χ2n) is 8.66. The molecule has 35 heavy (non-hydrogen) atoms. The first-order chi connectivity index (χ1) is 16.4. The van der Waals surface area contributed by atoms with Gasteiger partial charge in [-0.1, -0.05) is 23.2 Å². The van der Waals surface area contributed by atoms with Crippen molar-refractivity contribution in [1.82, 2.24) is 9.47 Å². The molecule has 1 fully saturated rings. The number of alkyl halides is 3. The fourth-order valence-electron chi connectivity index (χ4n) is 4.45. The highest BCUT2D eigenvalue weighted by Gasteiger charge is 2.32. The molecule has 1 N–H and O–H groups in total. The Hall–Kier alpha value is -2.28. The molecule has 3 aromatic rings. The van der Waals surface area contributed by atoms with Crippen LogP contribution in [0.2, 0.25) is 10.0 Å². The van der Waals surface area contributed by atoms with Gasteiger partial charge in [0.1, 0.15) is 0 Å². The van der Waals surface area contributed by atoms with Crippen LogP contribution in [0.15, 0.2) is 30.3 Å². The van der Waals surface area contributed by atoms with Crippen LogP contribution in [0.25, 0.3) is 10.9 Å². The molecule has 5 nitrogen and oxygen atoms in total. The number of carboxylic acids is 1. The van der Waals surface area contributed by atoms with Gasteiger partial charge >= 0.3 is 12.1 Å². The maximum Gasteiger partial charge on any atom is 0.416 e. The number of benzene rings is 2. The second kappa shape index (κ2) is 9.64. The van der Waals surface area contributed by atoms with Gasteiger partial charge < -0.3 is 14.6 Å². The Kier molecular flexibility index (Phi) is 7.11. The van der Waals surface area contributed by atoms with Crippen molar-refractivity contribution in [3.05, 3.63) is 62.8 Å². The zero-order valence-electron chi connectivity index (χ0n) is 18.6. The summed E-state index contributed by atoms with van der Waals surface area (Å²) in [4.78, 5) is 25.9. The van der Waals surface area contributed by atoms with Crippen LogP contribution in [0.4, 0.5) is 13.2 Å². The first kappa shape index (κ1) is 25.8. The summed E-state index contributed by atoms with van der Waals surface area (Å²) >= 11 is 13.1. The van der Waals surface area contributed by atoms with Crippen molar-refractivity contribution in [1.29, 1.82) is 0 Å². The number of hydrogen-bond acceptors (Lipinski definition) is 2. The summed E-state index contributed by atoms with van der Waals surface area (Å²) in [7, 11) is 4.02. The third kappa shape index (κ3) is 5.02. The first-order valence-electron chi connectivity index (χ1n) is 10.8. The van der Waals surface area contributed by atoms with Gasteiger partial charge in [0.2, 0.25) is 0 Å². The fraction of sp³-hybridized carbons (Fsp3) is 0.333. The number of halogens is 5. The van der Waals surface area contributed by atoms with Crippen molar-refractivity contribution in [3.8, 4) is 0 Å². The van der Waals surface area contributed by atoms with Crippen molar-refractivity contribution >= 4 is 60.5 Å². The zero-order chi connectivity index (χ0) is 25.7. The Morgan fingerprint density at radius 3 is 2.40 bits per heavy atom. The van der Waals surface area contributed by atoms with E-state index in [1.165, 1.54) is 6.07 Å². The summed E-state index contributed by atoms with van der Waals surface area (Å²) in [6.07, 6.45) is -3.53. The van der Waals surface area contributed by atoms with E-state index in [-0.39, 0.29) is 22.9 Å². The minimum atomic E-state index is -4.47. The van der Waals surface area contributed by atoms with Crippen LogP contribution in [0.3, 0.4) is 0 Å². The number of hydrogen-bond donors (Lipinski definition) is 1. The molecule has 4 rings (SSSR count). The molecule has 0 saturated carbocycles. The maximum absolute atomic E-state index is 13.3. The number of aromatic nitrogens is 1. The first-order valence-corrected chi connectivity index (χ1v) is 12.2. The molecular formula is C24H22Cl2F3N2O3P. The monoisotopic (exact) mass is 544 g/mol. The predicted octanol–water partition coefficient (Wildman–Crippen LogP) is 5.53. The van der Waals surface area contributed by atoms with Crippen LogP contribution in [0.1, 0.15) is 40.0 Å². The van der Waals surface area contributed by atoms with Crippen molar-refractivity contribution < 1.29 is 27.9 Å². The molecule has 1 aliphatic heterocycles.